The first-order chi connectivity index (χ1) is 9.95. The third-order valence-electron chi connectivity index (χ3n) is 4.76. The monoisotopic (exact) mass is 288 g/mol. The van der Waals surface area contributed by atoms with E-state index in [-0.39, 0.29) is 0 Å². The minimum atomic E-state index is 0.599. The first kappa shape index (κ1) is 16.5. The highest BCUT2D eigenvalue weighted by Gasteiger charge is 2.20. The summed E-state index contributed by atoms with van der Waals surface area (Å²) in [7, 11) is 0. The summed E-state index contributed by atoms with van der Waals surface area (Å²) in [6.45, 7) is 15.9. The van der Waals surface area contributed by atoms with Crippen LogP contribution in [0.25, 0.3) is 0 Å². The zero-order valence-corrected chi connectivity index (χ0v) is 14.5. The van der Waals surface area contributed by atoms with Crippen molar-refractivity contribution in [3.05, 3.63) is 34.4 Å². The first-order valence-corrected chi connectivity index (χ1v) is 8.48. The maximum atomic E-state index is 3.60. The Balaban J connectivity index is 1.95. The van der Waals surface area contributed by atoms with Crippen molar-refractivity contribution >= 4 is 0 Å². The van der Waals surface area contributed by atoms with Gasteiger partial charge in [-0.25, -0.2) is 0 Å². The number of likely N-dealkylation sites (tertiary alicyclic amines) is 1. The zero-order valence-electron chi connectivity index (χ0n) is 14.5. The van der Waals surface area contributed by atoms with E-state index in [1.807, 2.05) is 0 Å². The molecule has 2 rings (SSSR count). The molecule has 21 heavy (non-hydrogen) atoms. The second kappa shape index (κ2) is 7.42. The zero-order chi connectivity index (χ0) is 15.4. The largest absolute Gasteiger partial charge is 0.314 e. The van der Waals surface area contributed by atoms with Gasteiger partial charge in [0.05, 0.1) is 0 Å². The Bertz CT molecular complexity index is 465. The summed E-state index contributed by atoms with van der Waals surface area (Å²) in [5.74, 6) is 0.813. The van der Waals surface area contributed by atoms with Crippen LogP contribution < -0.4 is 5.32 Å². The molecule has 1 aromatic carbocycles. The molecule has 1 aliphatic rings. The van der Waals surface area contributed by atoms with Gasteiger partial charge >= 0.3 is 0 Å². The van der Waals surface area contributed by atoms with Gasteiger partial charge in [0.1, 0.15) is 0 Å². The van der Waals surface area contributed by atoms with Crippen LogP contribution in [0.2, 0.25) is 0 Å². The second-order valence-electron chi connectivity index (χ2n) is 7.17. The molecule has 0 saturated carbocycles. The Morgan fingerprint density at radius 3 is 2.57 bits per heavy atom. The van der Waals surface area contributed by atoms with Gasteiger partial charge in [-0.15, -0.1) is 0 Å². The van der Waals surface area contributed by atoms with Crippen molar-refractivity contribution in [2.24, 2.45) is 5.92 Å². The van der Waals surface area contributed by atoms with E-state index in [4.69, 9.17) is 0 Å². The quantitative estimate of drug-likeness (QED) is 0.886. The molecule has 1 heterocycles. The van der Waals surface area contributed by atoms with Gasteiger partial charge in [0.15, 0.2) is 0 Å². The molecule has 1 aromatic rings. The number of hydrogen-bond donors (Lipinski definition) is 1. The molecule has 0 spiro atoms. The van der Waals surface area contributed by atoms with Crippen LogP contribution in [0, 0.1) is 26.7 Å². The van der Waals surface area contributed by atoms with Crippen molar-refractivity contribution in [3.8, 4) is 0 Å². The lowest BCUT2D eigenvalue weighted by Crippen LogP contribution is -2.40. The fraction of sp³-hybridized carbons (Fsp3) is 0.684. The molecule has 0 radical (unpaired) electrons. The molecule has 1 unspecified atom stereocenters. The van der Waals surface area contributed by atoms with E-state index in [1.54, 1.807) is 0 Å². The minimum Gasteiger partial charge on any atom is -0.314 e. The molecule has 118 valence electrons. The van der Waals surface area contributed by atoms with Gasteiger partial charge < -0.3 is 5.32 Å². The molecule has 1 N–H and O–H groups in total. The predicted octanol–water partition coefficient (Wildman–Crippen LogP) is 3.82. The van der Waals surface area contributed by atoms with Gasteiger partial charge in [-0.2, -0.15) is 0 Å². The third kappa shape index (κ3) is 4.82. The van der Waals surface area contributed by atoms with E-state index >= 15 is 0 Å². The normalized spacial score (nSPS) is 20.2. The van der Waals surface area contributed by atoms with E-state index in [9.17, 15) is 0 Å². The molecule has 0 amide bonds. The van der Waals surface area contributed by atoms with Crippen molar-refractivity contribution in [1.82, 2.24) is 10.2 Å². The van der Waals surface area contributed by atoms with Crippen molar-refractivity contribution in [1.29, 1.82) is 0 Å². The van der Waals surface area contributed by atoms with E-state index in [2.05, 4.69) is 57.0 Å². The molecule has 0 aliphatic carbocycles. The number of nitrogens with zero attached hydrogens (tertiary/aromatic N) is 1. The molecule has 2 nitrogen and oxygen atoms in total. The number of aryl methyl sites for hydroxylation is 3. The fourth-order valence-electron chi connectivity index (χ4n) is 3.30. The van der Waals surface area contributed by atoms with Gasteiger partial charge in [-0.05, 0) is 74.9 Å². The Labute approximate surface area is 130 Å². The molecule has 1 atom stereocenters. The van der Waals surface area contributed by atoms with Crippen LogP contribution in [0.4, 0.5) is 0 Å². The van der Waals surface area contributed by atoms with Crippen LogP contribution in [0.5, 0.6) is 0 Å². The summed E-state index contributed by atoms with van der Waals surface area (Å²) < 4.78 is 0. The summed E-state index contributed by atoms with van der Waals surface area (Å²) >= 11 is 0. The van der Waals surface area contributed by atoms with Crippen LogP contribution in [-0.2, 0) is 6.54 Å². The van der Waals surface area contributed by atoms with Crippen LogP contribution in [0.3, 0.4) is 0 Å². The summed E-state index contributed by atoms with van der Waals surface area (Å²) in [6.07, 6.45) is 2.72. The lowest BCUT2D eigenvalue weighted by Gasteiger charge is -2.33. The van der Waals surface area contributed by atoms with Crippen LogP contribution in [0.1, 0.15) is 48.9 Å². The summed E-state index contributed by atoms with van der Waals surface area (Å²) in [6, 6.07) is 5.33. The van der Waals surface area contributed by atoms with Gasteiger partial charge in [0, 0.05) is 19.1 Å². The third-order valence-corrected chi connectivity index (χ3v) is 4.76. The maximum absolute atomic E-state index is 3.60. The average Bonchev–Trinajstić information content (AvgIpc) is 2.43. The number of rotatable bonds is 5. The summed E-state index contributed by atoms with van der Waals surface area (Å²) in [5.41, 5.74) is 5.79. The van der Waals surface area contributed by atoms with E-state index in [0.29, 0.717) is 6.04 Å². The SMILES string of the molecule is Cc1cc(C)c(CN2CCCC(CNC(C)C)C2)cc1C. The Kier molecular flexibility index (Phi) is 5.83. The molecular weight excluding hydrogens is 256 g/mol. The first-order valence-electron chi connectivity index (χ1n) is 8.48. The number of piperidine rings is 1. The van der Waals surface area contributed by atoms with Crippen molar-refractivity contribution in [2.75, 3.05) is 19.6 Å². The molecule has 0 bridgehead atoms. The van der Waals surface area contributed by atoms with Crippen LogP contribution >= 0.6 is 0 Å². The lowest BCUT2D eigenvalue weighted by molar-refractivity contribution is 0.163. The predicted molar refractivity (Wildman–Crippen MR) is 91.8 cm³/mol. The fourth-order valence-corrected chi connectivity index (χ4v) is 3.30. The second-order valence-corrected chi connectivity index (χ2v) is 7.17. The summed E-state index contributed by atoms with van der Waals surface area (Å²) in [4.78, 5) is 2.65. The number of hydrogen-bond acceptors (Lipinski definition) is 2. The van der Waals surface area contributed by atoms with Crippen LogP contribution in [0.15, 0.2) is 12.1 Å². The molecular formula is C19H32N2. The lowest BCUT2D eigenvalue weighted by atomic mass is 9.95. The minimum absolute atomic E-state index is 0.599. The Morgan fingerprint density at radius 2 is 1.86 bits per heavy atom. The summed E-state index contributed by atoms with van der Waals surface area (Å²) in [5, 5.41) is 3.60. The maximum Gasteiger partial charge on any atom is 0.0236 e. The number of benzene rings is 1. The van der Waals surface area contributed by atoms with E-state index in [0.717, 1.165) is 12.5 Å². The van der Waals surface area contributed by atoms with Crippen LogP contribution in [-0.4, -0.2) is 30.6 Å². The Hall–Kier alpha value is -0.860. The molecule has 1 fully saturated rings. The topological polar surface area (TPSA) is 15.3 Å². The Morgan fingerprint density at radius 1 is 1.14 bits per heavy atom. The highest BCUT2D eigenvalue weighted by molar-refractivity contribution is 5.36. The molecule has 0 aromatic heterocycles. The van der Waals surface area contributed by atoms with Crippen molar-refractivity contribution in [2.45, 2.75) is 60.0 Å². The molecule has 1 aliphatic heterocycles. The molecule has 2 heteroatoms. The van der Waals surface area contributed by atoms with E-state index < -0.39 is 0 Å². The van der Waals surface area contributed by atoms with Gasteiger partial charge in [0.25, 0.3) is 0 Å². The standard InChI is InChI=1S/C19H32N2/c1-14(2)20-11-18-7-6-8-21(12-18)13-19-10-16(4)15(3)9-17(19)5/h9-10,14,18,20H,6-8,11-13H2,1-5H3. The van der Waals surface area contributed by atoms with Crippen molar-refractivity contribution in [3.63, 3.8) is 0 Å². The highest BCUT2D eigenvalue weighted by Crippen LogP contribution is 2.21. The van der Waals surface area contributed by atoms with Gasteiger partial charge in [-0.3, -0.25) is 4.90 Å². The highest BCUT2D eigenvalue weighted by atomic mass is 15.1. The smallest absolute Gasteiger partial charge is 0.0236 e. The average molecular weight is 288 g/mol. The van der Waals surface area contributed by atoms with Gasteiger partial charge in [0.2, 0.25) is 0 Å². The number of nitrogens with one attached hydrogen (secondary N) is 1. The van der Waals surface area contributed by atoms with E-state index in [1.165, 1.54) is 54.7 Å². The molecule has 1 saturated heterocycles. The van der Waals surface area contributed by atoms with Gasteiger partial charge in [-0.1, -0.05) is 26.0 Å². The van der Waals surface area contributed by atoms with Crippen molar-refractivity contribution < 1.29 is 0 Å².